The van der Waals surface area contributed by atoms with Crippen molar-refractivity contribution in [3.05, 3.63) is 156 Å². The standard InChI is InChI=1S/C51H43N2O2/c1-30(2)41-26-36(35-22-24-38-37-16-10-13-19-45(37)54-46(38)29-35)27-42(31(3)4)49(41)53-44-18-12-11-17-43(44)52(6)51(53)48-32(5)20-23-40-39-25-21-34(28-47(39)55-50(40)48)33-14-8-7-9-15-33/h7-31H,1-6H3/q+1. The minimum atomic E-state index is 0.251. The maximum absolute atomic E-state index is 6.98. The predicted molar refractivity (Wildman–Crippen MR) is 228 cm³/mol. The first-order valence-electron chi connectivity index (χ1n) is 19.4. The molecule has 4 nitrogen and oxygen atoms in total. The number of rotatable bonds is 6. The van der Waals surface area contributed by atoms with Gasteiger partial charge in [-0.25, -0.2) is 4.57 Å². The fourth-order valence-corrected chi connectivity index (χ4v) is 8.74. The summed E-state index contributed by atoms with van der Waals surface area (Å²) in [5, 5.41) is 4.54. The molecule has 0 radical (unpaired) electrons. The Labute approximate surface area is 320 Å². The van der Waals surface area contributed by atoms with Gasteiger partial charge in [0.05, 0.1) is 7.05 Å². The Hall–Kier alpha value is -6.39. The van der Waals surface area contributed by atoms with Crippen LogP contribution in [-0.4, -0.2) is 4.57 Å². The molecule has 0 aliphatic carbocycles. The summed E-state index contributed by atoms with van der Waals surface area (Å²) < 4.78 is 18.2. The Morgan fingerprint density at radius 1 is 0.509 bits per heavy atom. The van der Waals surface area contributed by atoms with Gasteiger partial charge in [0, 0.05) is 32.7 Å². The lowest BCUT2D eigenvalue weighted by molar-refractivity contribution is -0.633. The first-order chi connectivity index (χ1) is 26.8. The molecule has 10 aromatic rings. The predicted octanol–water partition coefficient (Wildman–Crippen LogP) is 13.8. The molecular weight excluding hydrogens is 673 g/mol. The zero-order chi connectivity index (χ0) is 37.5. The fourth-order valence-electron chi connectivity index (χ4n) is 8.74. The number of hydrogen-bond acceptors (Lipinski definition) is 2. The van der Waals surface area contributed by atoms with Crippen LogP contribution >= 0.6 is 0 Å². The van der Waals surface area contributed by atoms with E-state index in [2.05, 4.69) is 178 Å². The van der Waals surface area contributed by atoms with Gasteiger partial charge in [-0.05, 0) is 101 Å². The maximum atomic E-state index is 6.98. The number of furan rings is 2. The van der Waals surface area contributed by atoms with Gasteiger partial charge >= 0.3 is 0 Å². The largest absolute Gasteiger partial charge is 0.456 e. The molecule has 0 N–H and O–H groups in total. The van der Waals surface area contributed by atoms with Crippen molar-refractivity contribution in [3.8, 4) is 39.3 Å². The Kier molecular flexibility index (Phi) is 7.60. The van der Waals surface area contributed by atoms with Crippen molar-refractivity contribution in [2.24, 2.45) is 7.05 Å². The Bertz CT molecular complexity index is 3090. The number of fused-ring (bicyclic) bond motifs is 7. The van der Waals surface area contributed by atoms with Crippen molar-refractivity contribution in [3.63, 3.8) is 0 Å². The second-order valence-corrected chi connectivity index (χ2v) is 15.6. The molecule has 55 heavy (non-hydrogen) atoms. The summed E-state index contributed by atoms with van der Waals surface area (Å²) >= 11 is 0. The highest BCUT2D eigenvalue weighted by Crippen LogP contribution is 2.44. The zero-order valence-electron chi connectivity index (χ0n) is 32.1. The molecule has 268 valence electrons. The van der Waals surface area contributed by atoms with E-state index in [-0.39, 0.29) is 11.8 Å². The van der Waals surface area contributed by atoms with Gasteiger partial charge in [-0.3, -0.25) is 0 Å². The van der Waals surface area contributed by atoms with Gasteiger partial charge in [-0.1, -0.05) is 113 Å². The lowest BCUT2D eigenvalue weighted by Gasteiger charge is -2.21. The number of hydrogen-bond donors (Lipinski definition) is 0. The van der Waals surface area contributed by atoms with Crippen LogP contribution in [0, 0.1) is 6.92 Å². The van der Waals surface area contributed by atoms with E-state index in [4.69, 9.17) is 8.83 Å². The number of nitrogens with zero attached hydrogens (tertiary/aromatic N) is 2. The summed E-state index contributed by atoms with van der Waals surface area (Å²) in [4.78, 5) is 0. The van der Waals surface area contributed by atoms with Crippen LogP contribution in [0.3, 0.4) is 0 Å². The Morgan fingerprint density at radius 2 is 1.09 bits per heavy atom. The van der Waals surface area contributed by atoms with Crippen LogP contribution in [0.15, 0.2) is 148 Å². The quantitative estimate of drug-likeness (QED) is 0.161. The number of imidazole rings is 1. The third kappa shape index (κ3) is 5.16. The number of benzene rings is 7. The van der Waals surface area contributed by atoms with Crippen LogP contribution in [0.5, 0.6) is 0 Å². The molecule has 3 aromatic heterocycles. The second kappa shape index (κ2) is 12.6. The van der Waals surface area contributed by atoms with Crippen molar-refractivity contribution in [2.45, 2.75) is 46.5 Å². The van der Waals surface area contributed by atoms with Gasteiger partial charge in [0.1, 0.15) is 28.0 Å². The highest BCUT2D eigenvalue weighted by atomic mass is 16.3. The molecule has 0 amide bonds. The van der Waals surface area contributed by atoms with E-state index in [0.29, 0.717) is 0 Å². The van der Waals surface area contributed by atoms with E-state index < -0.39 is 0 Å². The third-order valence-electron chi connectivity index (χ3n) is 11.5. The minimum absolute atomic E-state index is 0.251. The summed E-state index contributed by atoms with van der Waals surface area (Å²) in [7, 11) is 2.20. The molecule has 0 spiro atoms. The van der Waals surface area contributed by atoms with Gasteiger partial charge in [0.2, 0.25) is 0 Å². The van der Waals surface area contributed by atoms with Gasteiger partial charge < -0.3 is 8.83 Å². The highest BCUT2D eigenvalue weighted by molar-refractivity contribution is 6.11. The minimum Gasteiger partial charge on any atom is -0.456 e. The molecule has 0 bridgehead atoms. The van der Waals surface area contributed by atoms with Crippen molar-refractivity contribution in [1.82, 2.24) is 4.57 Å². The SMILES string of the molecule is Cc1ccc2c(oc3cc(-c4ccccc4)ccc32)c1-c1n(-c2c(C(C)C)cc(-c3ccc4c(c3)oc3ccccc34)cc2C(C)C)c2ccccc2[n+]1C. The average molecular weight is 716 g/mol. The van der Waals surface area contributed by atoms with Gasteiger partial charge in [-0.15, -0.1) is 0 Å². The molecule has 4 heteroatoms. The maximum Gasteiger partial charge on any atom is 0.299 e. The molecular formula is C51H43N2O2+. The lowest BCUT2D eigenvalue weighted by atomic mass is 9.87. The van der Waals surface area contributed by atoms with Crippen molar-refractivity contribution >= 4 is 54.9 Å². The Balaban J connectivity index is 1.24. The van der Waals surface area contributed by atoms with Crippen molar-refractivity contribution in [1.29, 1.82) is 0 Å². The molecule has 10 rings (SSSR count). The number of aryl methyl sites for hydroxylation is 2. The van der Waals surface area contributed by atoms with Crippen LogP contribution in [0.1, 0.15) is 56.2 Å². The average Bonchev–Trinajstić information content (AvgIpc) is 3.86. The summed E-state index contributed by atoms with van der Waals surface area (Å²) in [6, 6.07) is 50.2. The van der Waals surface area contributed by atoms with Crippen molar-refractivity contribution in [2.75, 3.05) is 0 Å². The first kappa shape index (κ1) is 33.2. The van der Waals surface area contributed by atoms with Crippen LogP contribution < -0.4 is 4.57 Å². The summed E-state index contributed by atoms with van der Waals surface area (Å²) in [6.07, 6.45) is 0. The second-order valence-electron chi connectivity index (χ2n) is 15.6. The fraction of sp³-hybridized carbons (Fsp3) is 0.157. The lowest BCUT2D eigenvalue weighted by Crippen LogP contribution is -2.30. The monoisotopic (exact) mass is 715 g/mol. The van der Waals surface area contributed by atoms with Crippen LogP contribution in [0.25, 0.3) is 94.2 Å². The number of para-hydroxylation sites is 3. The zero-order valence-corrected chi connectivity index (χ0v) is 32.1. The molecule has 0 saturated heterocycles. The van der Waals surface area contributed by atoms with E-state index in [1.165, 1.54) is 44.5 Å². The molecule has 0 fully saturated rings. The summed E-state index contributed by atoms with van der Waals surface area (Å²) in [6.45, 7) is 11.5. The molecule has 0 aliphatic rings. The van der Waals surface area contributed by atoms with E-state index in [0.717, 1.165) is 66.4 Å². The van der Waals surface area contributed by atoms with Crippen molar-refractivity contribution < 1.29 is 13.4 Å². The number of aromatic nitrogens is 2. The summed E-state index contributed by atoms with van der Waals surface area (Å²) in [5.41, 5.74) is 16.8. The highest BCUT2D eigenvalue weighted by Gasteiger charge is 2.34. The van der Waals surface area contributed by atoms with E-state index >= 15 is 0 Å². The van der Waals surface area contributed by atoms with Crippen LogP contribution in [0.4, 0.5) is 0 Å². The van der Waals surface area contributed by atoms with E-state index in [1.54, 1.807) is 0 Å². The molecule has 0 atom stereocenters. The van der Waals surface area contributed by atoms with E-state index in [1.807, 2.05) is 12.1 Å². The summed E-state index contributed by atoms with van der Waals surface area (Å²) in [5.74, 6) is 1.61. The third-order valence-corrected chi connectivity index (χ3v) is 11.5. The smallest absolute Gasteiger partial charge is 0.299 e. The topological polar surface area (TPSA) is 35.1 Å². The van der Waals surface area contributed by atoms with Crippen LogP contribution in [0.2, 0.25) is 0 Å². The van der Waals surface area contributed by atoms with Crippen LogP contribution in [-0.2, 0) is 7.05 Å². The van der Waals surface area contributed by atoms with Gasteiger partial charge in [0.25, 0.3) is 5.82 Å². The molecule has 3 heterocycles. The molecule has 7 aromatic carbocycles. The molecule has 0 unspecified atom stereocenters. The molecule has 0 saturated carbocycles. The first-order valence-corrected chi connectivity index (χ1v) is 19.4. The normalized spacial score (nSPS) is 12.1. The van der Waals surface area contributed by atoms with Gasteiger partial charge in [-0.2, -0.15) is 4.57 Å². The van der Waals surface area contributed by atoms with Gasteiger partial charge in [0.15, 0.2) is 16.6 Å². The van der Waals surface area contributed by atoms with E-state index in [9.17, 15) is 0 Å². The molecule has 0 aliphatic heterocycles. The Morgan fingerprint density at radius 3 is 1.82 bits per heavy atom.